The fourth-order valence-corrected chi connectivity index (χ4v) is 5.77. The predicted molar refractivity (Wildman–Crippen MR) is 139 cm³/mol. The van der Waals surface area contributed by atoms with E-state index in [1.165, 1.54) is 4.31 Å². The Hall–Kier alpha value is -3.62. The Morgan fingerprint density at radius 1 is 1.03 bits per heavy atom. The number of aliphatic hydroxyl groups excluding tert-OH is 1. The van der Waals surface area contributed by atoms with Gasteiger partial charge in [0.1, 0.15) is 5.75 Å². The number of fused-ring (bicyclic) bond motifs is 1. The highest BCUT2D eigenvalue weighted by atomic mass is 32.2. The number of hydrogen-bond donors (Lipinski definition) is 2. The van der Waals surface area contributed by atoms with Crippen LogP contribution >= 0.6 is 0 Å². The number of para-hydroxylation sites is 1. The van der Waals surface area contributed by atoms with Crippen molar-refractivity contribution in [3.05, 3.63) is 95.6 Å². The summed E-state index contributed by atoms with van der Waals surface area (Å²) in [6.45, 7) is 0.640. The summed E-state index contributed by atoms with van der Waals surface area (Å²) < 4.78 is 33.5. The van der Waals surface area contributed by atoms with Crippen LogP contribution in [0.25, 0.3) is 6.08 Å². The third-order valence-corrected chi connectivity index (χ3v) is 7.93. The zero-order valence-electron chi connectivity index (χ0n) is 19.8. The Labute approximate surface area is 211 Å². The van der Waals surface area contributed by atoms with Crippen molar-refractivity contribution in [3.8, 4) is 5.75 Å². The Bertz CT molecular complexity index is 1340. The SMILES string of the molecule is O=C(O)CCc1ccccc1OCCC(O)/C=C/c1cccc2c1CCN2S(=O)(=O)c1ccccc1. The van der Waals surface area contributed by atoms with E-state index in [1.54, 1.807) is 42.5 Å². The van der Waals surface area contributed by atoms with Gasteiger partial charge in [0.05, 0.1) is 23.3 Å². The topological polar surface area (TPSA) is 104 Å². The number of nitrogens with zero attached hydrogens (tertiary/aromatic N) is 1. The van der Waals surface area contributed by atoms with E-state index >= 15 is 0 Å². The number of aryl methyl sites for hydroxylation is 1. The molecule has 3 aromatic rings. The minimum Gasteiger partial charge on any atom is -0.493 e. The van der Waals surface area contributed by atoms with Crippen molar-refractivity contribution in [1.82, 2.24) is 0 Å². The van der Waals surface area contributed by atoms with E-state index in [9.17, 15) is 18.3 Å². The lowest BCUT2D eigenvalue weighted by Crippen LogP contribution is -2.29. The van der Waals surface area contributed by atoms with Gasteiger partial charge in [0.2, 0.25) is 0 Å². The minimum absolute atomic E-state index is 0.0250. The molecule has 4 rings (SSSR count). The standard InChI is InChI=1S/C28H29NO6S/c30-23(18-20-35-27-12-5-4-7-22(27)14-16-28(31)32)15-13-21-8-6-11-26-25(21)17-19-29(26)36(33,34)24-9-2-1-3-10-24/h1-13,15,23,30H,14,16-20H2,(H,31,32)/b15-13+. The second-order valence-electron chi connectivity index (χ2n) is 8.55. The monoisotopic (exact) mass is 507 g/mol. The van der Waals surface area contributed by atoms with Crippen molar-refractivity contribution < 1.29 is 28.2 Å². The summed E-state index contributed by atoms with van der Waals surface area (Å²) in [7, 11) is -3.64. The molecule has 3 aromatic carbocycles. The van der Waals surface area contributed by atoms with Crippen LogP contribution in [0.15, 0.2) is 83.8 Å². The summed E-state index contributed by atoms with van der Waals surface area (Å²) in [5.41, 5.74) is 3.29. The van der Waals surface area contributed by atoms with Gasteiger partial charge < -0.3 is 14.9 Å². The Balaban J connectivity index is 1.39. The molecule has 7 nitrogen and oxygen atoms in total. The maximum absolute atomic E-state index is 13.1. The van der Waals surface area contributed by atoms with E-state index in [0.29, 0.717) is 37.2 Å². The summed E-state index contributed by atoms with van der Waals surface area (Å²) in [6.07, 6.45) is 4.10. The third-order valence-electron chi connectivity index (χ3n) is 6.10. The molecule has 188 valence electrons. The maximum Gasteiger partial charge on any atom is 0.303 e. The Kier molecular flexibility index (Phi) is 8.07. The highest BCUT2D eigenvalue weighted by molar-refractivity contribution is 7.92. The number of benzene rings is 3. The molecule has 1 aliphatic rings. The Morgan fingerprint density at radius 2 is 1.78 bits per heavy atom. The largest absolute Gasteiger partial charge is 0.493 e. The second-order valence-corrected chi connectivity index (χ2v) is 10.4. The van der Waals surface area contributed by atoms with Gasteiger partial charge in [-0.2, -0.15) is 0 Å². The average Bonchev–Trinajstić information content (AvgIpc) is 3.33. The van der Waals surface area contributed by atoms with Gasteiger partial charge in [-0.25, -0.2) is 8.42 Å². The second kappa shape index (κ2) is 11.4. The van der Waals surface area contributed by atoms with Crippen LogP contribution < -0.4 is 9.04 Å². The lowest BCUT2D eigenvalue weighted by Gasteiger charge is -2.19. The fourth-order valence-electron chi connectivity index (χ4n) is 4.25. The fraction of sp³-hybridized carbons (Fsp3) is 0.250. The molecule has 0 aromatic heterocycles. The molecule has 0 saturated heterocycles. The molecule has 1 heterocycles. The average molecular weight is 508 g/mol. The molecule has 0 amide bonds. The number of sulfonamides is 1. The van der Waals surface area contributed by atoms with Crippen LogP contribution in [0, 0.1) is 0 Å². The normalized spacial score (nSPS) is 14.1. The van der Waals surface area contributed by atoms with E-state index < -0.39 is 22.1 Å². The number of aliphatic carboxylic acids is 1. The smallest absolute Gasteiger partial charge is 0.303 e. The molecule has 0 aliphatic carbocycles. The van der Waals surface area contributed by atoms with Crippen LogP contribution in [-0.2, 0) is 27.7 Å². The van der Waals surface area contributed by atoms with E-state index in [2.05, 4.69) is 0 Å². The maximum atomic E-state index is 13.1. The molecule has 0 bridgehead atoms. The lowest BCUT2D eigenvalue weighted by atomic mass is 10.0. The number of aliphatic hydroxyl groups is 1. The van der Waals surface area contributed by atoms with Gasteiger partial charge in [-0.15, -0.1) is 0 Å². The molecule has 1 aliphatic heterocycles. The Morgan fingerprint density at radius 3 is 2.56 bits per heavy atom. The van der Waals surface area contributed by atoms with Gasteiger partial charge in [0.15, 0.2) is 0 Å². The molecule has 0 saturated carbocycles. The number of rotatable bonds is 11. The van der Waals surface area contributed by atoms with E-state index in [-0.39, 0.29) is 17.9 Å². The van der Waals surface area contributed by atoms with Gasteiger partial charge in [-0.05, 0) is 53.8 Å². The molecule has 0 spiro atoms. The number of carboxylic acids is 1. The zero-order valence-corrected chi connectivity index (χ0v) is 20.6. The summed E-state index contributed by atoms with van der Waals surface area (Å²) in [6, 6.07) is 21.2. The number of carbonyl (C=O) groups is 1. The molecule has 1 unspecified atom stereocenters. The molecule has 2 N–H and O–H groups in total. The van der Waals surface area contributed by atoms with Crippen molar-refractivity contribution in [2.75, 3.05) is 17.5 Å². The lowest BCUT2D eigenvalue weighted by molar-refractivity contribution is -0.136. The quantitative estimate of drug-likeness (QED) is 0.401. The van der Waals surface area contributed by atoms with Crippen LogP contribution in [0.4, 0.5) is 5.69 Å². The first-order valence-corrected chi connectivity index (χ1v) is 13.3. The zero-order chi connectivity index (χ0) is 25.5. The third kappa shape index (κ3) is 5.95. The van der Waals surface area contributed by atoms with Crippen molar-refractivity contribution in [3.63, 3.8) is 0 Å². The number of hydrogen-bond acceptors (Lipinski definition) is 5. The molecule has 0 radical (unpaired) electrons. The van der Waals surface area contributed by atoms with Crippen LogP contribution in [0.2, 0.25) is 0 Å². The summed E-state index contributed by atoms with van der Waals surface area (Å²) >= 11 is 0. The van der Waals surface area contributed by atoms with Gasteiger partial charge in [0.25, 0.3) is 10.0 Å². The first kappa shape index (κ1) is 25.5. The van der Waals surface area contributed by atoms with E-state index in [1.807, 2.05) is 42.5 Å². The van der Waals surface area contributed by atoms with Crippen LogP contribution in [-0.4, -0.2) is 43.9 Å². The predicted octanol–water partition coefficient (Wildman–Crippen LogP) is 4.30. The highest BCUT2D eigenvalue weighted by Crippen LogP contribution is 2.35. The number of anilines is 1. The van der Waals surface area contributed by atoms with Gasteiger partial charge in [0, 0.05) is 19.4 Å². The summed E-state index contributed by atoms with van der Waals surface area (Å²) in [4.78, 5) is 11.1. The molecule has 8 heteroatoms. The number of carboxylic acid groups (broad SMARTS) is 1. The first-order valence-electron chi connectivity index (χ1n) is 11.8. The molecule has 0 fully saturated rings. The summed E-state index contributed by atoms with van der Waals surface area (Å²) in [5.74, 6) is -0.242. The van der Waals surface area contributed by atoms with E-state index in [4.69, 9.17) is 9.84 Å². The van der Waals surface area contributed by atoms with Gasteiger partial charge in [-0.3, -0.25) is 9.10 Å². The number of ether oxygens (including phenoxy) is 1. The van der Waals surface area contributed by atoms with E-state index in [0.717, 1.165) is 16.7 Å². The molecular formula is C28H29NO6S. The minimum atomic E-state index is -3.64. The first-order chi connectivity index (χ1) is 17.4. The molecule has 36 heavy (non-hydrogen) atoms. The molecular weight excluding hydrogens is 478 g/mol. The van der Waals surface area contributed by atoms with Crippen LogP contribution in [0.3, 0.4) is 0 Å². The van der Waals surface area contributed by atoms with Gasteiger partial charge in [-0.1, -0.05) is 60.7 Å². The van der Waals surface area contributed by atoms with Crippen molar-refractivity contribution in [1.29, 1.82) is 0 Å². The van der Waals surface area contributed by atoms with Crippen molar-refractivity contribution in [2.24, 2.45) is 0 Å². The van der Waals surface area contributed by atoms with Crippen molar-refractivity contribution >= 4 is 27.8 Å². The summed E-state index contributed by atoms with van der Waals surface area (Å²) in [5, 5.41) is 19.4. The van der Waals surface area contributed by atoms with Crippen LogP contribution in [0.5, 0.6) is 5.75 Å². The van der Waals surface area contributed by atoms with Crippen LogP contribution in [0.1, 0.15) is 29.5 Å². The van der Waals surface area contributed by atoms with Gasteiger partial charge >= 0.3 is 5.97 Å². The highest BCUT2D eigenvalue weighted by Gasteiger charge is 2.31. The van der Waals surface area contributed by atoms with Crippen molar-refractivity contribution in [2.45, 2.75) is 36.7 Å². The molecule has 1 atom stereocenters.